The molecule has 0 aliphatic heterocycles. The first kappa shape index (κ1) is 15.2. The summed E-state index contributed by atoms with van der Waals surface area (Å²) in [5.74, 6) is -0.957. The van der Waals surface area contributed by atoms with Gasteiger partial charge in [0.15, 0.2) is 0 Å². The molecule has 0 saturated heterocycles. The normalized spacial score (nSPS) is 10.6. The van der Waals surface area contributed by atoms with Crippen LogP contribution in [0.5, 0.6) is 0 Å². The van der Waals surface area contributed by atoms with Gasteiger partial charge in [0.2, 0.25) is 5.91 Å². The Morgan fingerprint density at radius 2 is 2.16 bits per heavy atom. The van der Waals surface area contributed by atoms with E-state index in [9.17, 15) is 9.59 Å². The molecule has 1 amide bonds. The highest BCUT2D eigenvalue weighted by Gasteiger charge is 2.05. The molecule has 0 fully saturated rings. The van der Waals surface area contributed by atoms with Gasteiger partial charge in [-0.05, 0) is 29.7 Å². The number of carbonyl (C=O) groups is 2. The van der Waals surface area contributed by atoms with Crippen molar-refractivity contribution in [2.75, 3.05) is 6.54 Å². The van der Waals surface area contributed by atoms with E-state index in [2.05, 4.69) is 5.32 Å². The van der Waals surface area contributed by atoms with E-state index >= 15 is 0 Å². The second kappa shape index (κ2) is 7.59. The summed E-state index contributed by atoms with van der Waals surface area (Å²) in [6, 6.07) is 5.17. The second-order valence-corrected chi connectivity index (χ2v) is 4.52. The van der Waals surface area contributed by atoms with Crippen LogP contribution in [0.2, 0.25) is 5.02 Å². The van der Waals surface area contributed by atoms with Gasteiger partial charge in [0, 0.05) is 18.5 Å². The zero-order chi connectivity index (χ0) is 14.3. The van der Waals surface area contributed by atoms with Crippen LogP contribution >= 0.6 is 11.6 Å². The lowest BCUT2D eigenvalue weighted by molar-refractivity contribution is -0.136. The van der Waals surface area contributed by atoms with Crippen LogP contribution in [0, 0.1) is 0 Å². The third kappa shape index (κ3) is 6.06. The standard InChI is InChI=1S/C14H16ClNO3/c1-10(17)16-7-3-2-4-11-5-6-13(15)8-12(11)9-14(18)19/h2,4-6,8H,3,7,9H2,1H3,(H,16,17)(H,18,19). The topological polar surface area (TPSA) is 66.4 Å². The van der Waals surface area contributed by atoms with Gasteiger partial charge in [-0.2, -0.15) is 0 Å². The molecule has 5 heteroatoms. The number of carboxylic acids is 1. The summed E-state index contributed by atoms with van der Waals surface area (Å²) < 4.78 is 0. The molecular weight excluding hydrogens is 266 g/mol. The second-order valence-electron chi connectivity index (χ2n) is 4.09. The number of halogens is 1. The number of amides is 1. The Hall–Kier alpha value is -1.81. The van der Waals surface area contributed by atoms with Crippen LogP contribution in [0.1, 0.15) is 24.5 Å². The molecule has 0 bridgehead atoms. The summed E-state index contributed by atoms with van der Waals surface area (Å²) >= 11 is 5.85. The van der Waals surface area contributed by atoms with Crippen molar-refractivity contribution in [3.8, 4) is 0 Å². The van der Waals surface area contributed by atoms with E-state index < -0.39 is 5.97 Å². The third-order valence-electron chi connectivity index (χ3n) is 2.43. The number of aliphatic carboxylic acids is 1. The molecule has 19 heavy (non-hydrogen) atoms. The number of carboxylic acid groups (broad SMARTS) is 1. The largest absolute Gasteiger partial charge is 0.481 e. The maximum Gasteiger partial charge on any atom is 0.307 e. The van der Waals surface area contributed by atoms with E-state index in [4.69, 9.17) is 16.7 Å². The lowest BCUT2D eigenvalue weighted by Crippen LogP contribution is -2.20. The molecule has 0 radical (unpaired) electrons. The quantitative estimate of drug-likeness (QED) is 0.788. The van der Waals surface area contributed by atoms with E-state index in [1.54, 1.807) is 18.2 Å². The van der Waals surface area contributed by atoms with Crippen LogP contribution in [0.25, 0.3) is 6.08 Å². The van der Waals surface area contributed by atoms with Crippen molar-refractivity contribution >= 4 is 29.6 Å². The molecule has 1 rings (SSSR count). The van der Waals surface area contributed by atoms with E-state index in [1.165, 1.54) is 6.92 Å². The zero-order valence-electron chi connectivity index (χ0n) is 10.6. The van der Waals surface area contributed by atoms with Crippen molar-refractivity contribution in [3.63, 3.8) is 0 Å². The van der Waals surface area contributed by atoms with Crippen LogP contribution < -0.4 is 5.32 Å². The molecule has 0 aliphatic carbocycles. The maximum absolute atomic E-state index is 10.8. The van der Waals surface area contributed by atoms with Gasteiger partial charge in [-0.1, -0.05) is 29.8 Å². The van der Waals surface area contributed by atoms with Crippen molar-refractivity contribution in [1.29, 1.82) is 0 Å². The summed E-state index contributed by atoms with van der Waals surface area (Å²) in [4.78, 5) is 21.4. The Kier molecular flexibility index (Phi) is 6.09. The fraction of sp³-hybridized carbons (Fsp3) is 0.286. The number of hydrogen-bond donors (Lipinski definition) is 2. The molecule has 0 spiro atoms. The van der Waals surface area contributed by atoms with Crippen molar-refractivity contribution < 1.29 is 14.7 Å². The van der Waals surface area contributed by atoms with Gasteiger partial charge in [0.1, 0.15) is 0 Å². The summed E-state index contributed by atoms with van der Waals surface area (Å²) in [5, 5.41) is 12.0. The van der Waals surface area contributed by atoms with Crippen molar-refractivity contribution in [2.24, 2.45) is 0 Å². The summed E-state index contributed by atoms with van der Waals surface area (Å²) in [6.07, 6.45) is 4.36. The molecule has 4 nitrogen and oxygen atoms in total. The molecule has 0 atom stereocenters. The van der Waals surface area contributed by atoms with Gasteiger partial charge in [-0.15, -0.1) is 0 Å². The van der Waals surface area contributed by atoms with E-state index in [0.29, 0.717) is 23.6 Å². The first-order chi connectivity index (χ1) is 8.99. The minimum Gasteiger partial charge on any atom is -0.481 e. The fourth-order valence-corrected chi connectivity index (χ4v) is 1.79. The third-order valence-corrected chi connectivity index (χ3v) is 2.66. The number of benzene rings is 1. The van der Waals surface area contributed by atoms with Gasteiger partial charge >= 0.3 is 5.97 Å². The molecule has 0 aromatic heterocycles. The molecule has 0 unspecified atom stereocenters. The first-order valence-electron chi connectivity index (χ1n) is 5.90. The molecular formula is C14H16ClNO3. The molecule has 1 aromatic carbocycles. The number of carbonyl (C=O) groups excluding carboxylic acids is 1. The number of hydrogen-bond acceptors (Lipinski definition) is 2. The van der Waals surface area contributed by atoms with Gasteiger partial charge in [-0.25, -0.2) is 0 Å². The molecule has 1 aromatic rings. The molecule has 0 saturated carbocycles. The molecule has 102 valence electrons. The van der Waals surface area contributed by atoms with Gasteiger partial charge < -0.3 is 10.4 Å². The van der Waals surface area contributed by atoms with Gasteiger partial charge in [0.05, 0.1) is 6.42 Å². The SMILES string of the molecule is CC(=O)NCCC=Cc1ccc(Cl)cc1CC(=O)O. The van der Waals surface area contributed by atoms with Crippen LogP contribution in [-0.2, 0) is 16.0 Å². The fourth-order valence-electron chi connectivity index (χ4n) is 1.59. The molecule has 0 heterocycles. The monoisotopic (exact) mass is 281 g/mol. The zero-order valence-corrected chi connectivity index (χ0v) is 11.4. The number of nitrogens with one attached hydrogen (secondary N) is 1. The average Bonchev–Trinajstić information content (AvgIpc) is 2.30. The first-order valence-corrected chi connectivity index (χ1v) is 6.28. The van der Waals surface area contributed by atoms with Crippen LogP contribution in [0.15, 0.2) is 24.3 Å². The van der Waals surface area contributed by atoms with Crippen molar-refractivity contribution in [3.05, 3.63) is 40.4 Å². The Balaban J connectivity index is 2.68. The van der Waals surface area contributed by atoms with Crippen LogP contribution in [-0.4, -0.2) is 23.5 Å². The van der Waals surface area contributed by atoms with E-state index in [1.807, 2.05) is 12.2 Å². The Labute approximate surface area is 117 Å². The van der Waals surface area contributed by atoms with Gasteiger partial charge in [0.25, 0.3) is 0 Å². The maximum atomic E-state index is 10.8. The summed E-state index contributed by atoms with van der Waals surface area (Å²) in [7, 11) is 0. The predicted molar refractivity (Wildman–Crippen MR) is 75.1 cm³/mol. The summed E-state index contributed by atoms with van der Waals surface area (Å²) in [5.41, 5.74) is 1.51. The Morgan fingerprint density at radius 1 is 1.42 bits per heavy atom. The van der Waals surface area contributed by atoms with Crippen molar-refractivity contribution in [1.82, 2.24) is 5.32 Å². The molecule has 0 aliphatic rings. The van der Waals surface area contributed by atoms with E-state index in [-0.39, 0.29) is 12.3 Å². The average molecular weight is 282 g/mol. The minimum absolute atomic E-state index is 0.0635. The summed E-state index contributed by atoms with van der Waals surface area (Å²) in [6.45, 7) is 2.03. The molecule has 2 N–H and O–H groups in total. The lowest BCUT2D eigenvalue weighted by Gasteiger charge is -2.04. The highest BCUT2D eigenvalue weighted by atomic mass is 35.5. The smallest absolute Gasteiger partial charge is 0.307 e. The Bertz CT molecular complexity index is 497. The number of rotatable bonds is 6. The highest BCUT2D eigenvalue weighted by molar-refractivity contribution is 6.30. The van der Waals surface area contributed by atoms with Gasteiger partial charge in [-0.3, -0.25) is 9.59 Å². The van der Waals surface area contributed by atoms with E-state index in [0.717, 1.165) is 5.56 Å². The Morgan fingerprint density at radius 3 is 2.79 bits per heavy atom. The lowest BCUT2D eigenvalue weighted by atomic mass is 10.0. The van der Waals surface area contributed by atoms with Crippen molar-refractivity contribution in [2.45, 2.75) is 19.8 Å². The van der Waals surface area contributed by atoms with Crippen LogP contribution in [0.4, 0.5) is 0 Å². The highest BCUT2D eigenvalue weighted by Crippen LogP contribution is 2.18. The minimum atomic E-state index is -0.893. The predicted octanol–water partition coefficient (Wildman–Crippen LogP) is 2.51. The van der Waals surface area contributed by atoms with Crippen LogP contribution in [0.3, 0.4) is 0 Å².